The summed E-state index contributed by atoms with van der Waals surface area (Å²) in [6, 6.07) is 0. The monoisotopic (exact) mass is 181 g/mol. The second-order valence-electron chi connectivity index (χ2n) is 4.21. The van der Waals surface area contributed by atoms with Gasteiger partial charge in [-0.3, -0.25) is 0 Å². The van der Waals surface area contributed by atoms with E-state index in [1.807, 2.05) is 0 Å². The predicted molar refractivity (Wildman–Crippen MR) is 54.1 cm³/mol. The third-order valence-corrected chi connectivity index (χ3v) is 3.29. The summed E-state index contributed by atoms with van der Waals surface area (Å²) < 4.78 is 5.84. The van der Waals surface area contributed by atoms with Gasteiger partial charge in [0, 0.05) is 6.42 Å². The van der Waals surface area contributed by atoms with Crippen LogP contribution in [-0.4, -0.2) is 17.5 Å². The molecule has 0 bridgehead atoms. The van der Waals surface area contributed by atoms with Gasteiger partial charge in [-0.25, -0.2) is 4.99 Å². The van der Waals surface area contributed by atoms with E-state index >= 15 is 0 Å². The number of nitrogens with zero attached hydrogens (tertiary/aromatic N) is 1. The average molecular weight is 181 g/mol. The summed E-state index contributed by atoms with van der Waals surface area (Å²) in [5, 5.41) is 0. The Morgan fingerprint density at radius 2 is 2.38 bits per heavy atom. The molecule has 2 heteroatoms. The van der Waals surface area contributed by atoms with Gasteiger partial charge in [0.25, 0.3) is 0 Å². The minimum absolute atomic E-state index is 0.195. The quantitative estimate of drug-likeness (QED) is 0.656. The normalized spacial score (nSPS) is 37.1. The van der Waals surface area contributed by atoms with E-state index in [-0.39, 0.29) is 5.54 Å². The van der Waals surface area contributed by atoms with E-state index < -0.39 is 0 Å². The van der Waals surface area contributed by atoms with Crippen molar-refractivity contribution in [3.05, 3.63) is 0 Å². The van der Waals surface area contributed by atoms with Crippen LogP contribution in [0.3, 0.4) is 0 Å². The Hall–Kier alpha value is -0.530. The van der Waals surface area contributed by atoms with Gasteiger partial charge in [0.05, 0.1) is 0 Å². The van der Waals surface area contributed by atoms with Gasteiger partial charge in [-0.2, -0.15) is 0 Å². The molecule has 13 heavy (non-hydrogen) atoms. The van der Waals surface area contributed by atoms with Gasteiger partial charge in [-0.1, -0.05) is 20.3 Å². The average Bonchev–Trinajstić information content (AvgIpc) is 2.60. The fraction of sp³-hybridized carbons (Fsp3) is 0.909. The molecule has 2 rings (SSSR count). The Kier molecular flexibility index (Phi) is 2.31. The second-order valence-corrected chi connectivity index (χ2v) is 4.21. The number of fused-ring (bicyclic) bond motifs is 1. The first-order valence-electron chi connectivity index (χ1n) is 5.56. The zero-order valence-corrected chi connectivity index (χ0v) is 8.68. The van der Waals surface area contributed by atoms with Crippen molar-refractivity contribution in [2.24, 2.45) is 4.99 Å². The van der Waals surface area contributed by atoms with Crippen molar-refractivity contribution in [3.8, 4) is 0 Å². The van der Waals surface area contributed by atoms with Gasteiger partial charge in [0.1, 0.15) is 11.6 Å². The molecule has 0 radical (unpaired) electrons. The third-order valence-electron chi connectivity index (χ3n) is 3.29. The Balaban J connectivity index is 2.16. The zero-order valence-electron chi connectivity index (χ0n) is 8.68. The second kappa shape index (κ2) is 3.32. The minimum Gasteiger partial charge on any atom is -0.475 e. The van der Waals surface area contributed by atoms with Crippen LogP contribution >= 0.6 is 0 Å². The molecule has 1 saturated carbocycles. The largest absolute Gasteiger partial charge is 0.475 e. The lowest BCUT2D eigenvalue weighted by Gasteiger charge is -2.23. The van der Waals surface area contributed by atoms with Crippen molar-refractivity contribution in [2.45, 2.75) is 64.0 Å². The van der Waals surface area contributed by atoms with Gasteiger partial charge < -0.3 is 4.74 Å². The molecule has 1 heterocycles. The Bertz CT molecular complexity index is 224. The van der Waals surface area contributed by atoms with Crippen molar-refractivity contribution in [3.63, 3.8) is 0 Å². The molecule has 2 nitrogen and oxygen atoms in total. The molecule has 1 aliphatic heterocycles. The number of rotatable bonds is 3. The van der Waals surface area contributed by atoms with Crippen molar-refractivity contribution in [1.82, 2.24) is 0 Å². The fourth-order valence-electron chi connectivity index (χ4n) is 2.70. The van der Waals surface area contributed by atoms with Crippen molar-refractivity contribution < 1.29 is 4.74 Å². The van der Waals surface area contributed by atoms with Crippen LogP contribution in [0.5, 0.6) is 0 Å². The maximum absolute atomic E-state index is 5.84. The van der Waals surface area contributed by atoms with E-state index in [0.29, 0.717) is 6.10 Å². The maximum atomic E-state index is 5.84. The smallest absolute Gasteiger partial charge is 0.184 e. The van der Waals surface area contributed by atoms with Crippen LogP contribution < -0.4 is 0 Å². The molecule has 1 aliphatic carbocycles. The topological polar surface area (TPSA) is 21.6 Å². The van der Waals surface area contributed by atoms with Gasteiger partial charge >= 0.3 is 0 Å². The fourth-order valence-corrected chi connectivity index (χ4v) is 2.70. The number of hydrogen-bond acceptors (Lipinski definition) is 2. The molecule has 0 aromatic carbocycles. The highest BCUT2D eigenvalue weighted by Crippen LogP contribution is 2.43. The first kappa shape index (κ1) is 9.04. The van der Waals surface area contributed by atoms with Gasteiger partial charge in [0.2, 0.25) is 0 Å². The lowest BCUT2D eigenvalue weighted by atomic mass is 9.91. The van der Waals surface area contributed by atoms with E-state index in [1.54, 1.807) is 0 Å². The highest BCUT2D eigenvalue weighted by Gasteiger charge is 2.48. The van der Waals surface area contributed by atoms with Crippen LogP contribution in [0.15, 0.2) is 4.99 Å². The highest BCUT2D eigenvalue weighted by atomic mass is 16.5. The highest BCUT2D eigenvalue weighted by molar-refractivity contribution is 5.78. The summed E-state index contributed by atoms with van der Waals surface area (Å²) in [4.78, 5) is 4.78. The van der Waals surface area contributed by atoms with Gasteiger partial charge in [-0.15, -0.1) is 0 Å². The molecule has 1 fully saturated rings. The molecular weight excluding hydrogens is 162 g/mol. The number of ether oxygens (including phenoxy) is 1. The van der Waals surface area contributed by atoms with E-state index in [9.17, 15) is 0 Å². The molecule has 0 N–H and O–H groups in total. The summed E-state index contributed by atoms with van der Waals surface area (Å²) >= 11 is 0. The first-order valence-corrected chi connectivity index (χ1v) is 5.56. The molecule has 2 aliphatic rings. The molecular formula is C11H19NO. The van der Waals surface area contributed by atoms with E-state index in [4.69, 9.17) is 9.73 Å². The zero-order chi connectivity index (χ0) is 9.31. The standard InChI is InChI=1S/C11H19NO/c1-3-7-11-8-5-6-9(11)13-10(4-2)12-11/h9H,3-8H2,1-2H3/t9-,11+/m0/s1. The number of aliphatic imine (C=N–C) groups is 1. The maximum Gasteiger partial charge on any atom is 0.184 e. The van der Waals surface area contributed by atoms with E-state index in [2.05, 4.69) is 13.8 Å². The SMILES string of the molecule is CCC[C@@]12CCC[C@@H]1OC(CC)=N2. The van der Waals surface area contributed by atoms with Crippen LogP contribution in [0.4, 0.5) is 0 Å². The first-order chi connectivity index (χ1) is 6.30. The lowest BCUT2D eigenvalue weighted by Crippen LogP contribution is -2.32. The Morgan fingerprint density at radius 1 is 1.54 bits per heavy atom. The molecule has 74 valence electrons. The molecule has 0 spiro atoms. The van der Waals surface area contributed by atoms with Crippen molar-refractivity contribution in [1.29, 1.82) is 0 Å². The summed E-state index contributed by atoms with van der Waals surface area (Å²) in [6.07, 6.45) is 7.57. The summed E-state index contributed by atoms with van der Waals surface area (Å²) in [5.41, 5.74) is 0.195. The third kappa shape index (κ3) is 1.36. The lowest BCUT2D eigenvalue weighted by molar-refractivity contribution is 0.153. The summed E-state index contributed by atoms with van der Waals surface area (Å²) in [7, 11) is 0. The molecule has 0 amide bonds. The van der Waals surface area contributed by atoms with Crippen molar-refractivity contribution >= 4 is 5.90 Å². The predicted octanol–water partition coefficient (Wildman–Crippen LogP) is 2.92. The van der Waals surface area contributed by atoms with Gasteiger partial charge in [0.15, 0.2) is 5.90 Å². The van der Waals surface area contributed by atoms with E-state index in [0.717, 1.165) is 12.3 Å². The van der Waals surface area contributed by atoms with E-state index in [1.165, 1.54) is 32.1 Å². The molecule has 0 unspecified atom stereocenters. The van der Waals surface area contributed by atoms with Gasteiger partial charge in [-0.05, 0) is 25.7 Å². The Labute approximate surface area is 80.4 Å². The number of hydrogen-bond donors (Lipinski definition) is 0. The van der Waals surface area contributed by atoms with Crippen LogP contribution in [0.1, 0.15) is 52.4 Å². The van der Waals surface area contributed by atoms with Crippen LogP contribution in [0.25, 0.3) is 0 Å². The minimum atomic E-state index is 0.195. The molecule has 2 atom stereocenters. The molecule has 0 aromatic heterocycles. The molecule has 0 saturated heterocycles. The van der Waals surface area contributed by atoms with Crippen LogP contribution in [0, 0.1) is 0 Å². The summed E-state index contributed by atoms with van der Waals surface area (Å²) in [6.45, 7) is 4.36. The Morgan fingerprint density at radius 3 is 3.08 bits per heavy atom. The summed E-state index contributed by atoms with van der Waals surface area (Å²) in [5.74, 6) is 0.998. The van der Waals surface area contributed by atoms with Crippen molar-refractivity contribution in [2.75, 3.05) is 0 Å². The van der Waals surface area contributed by atoms with Crippen LogP contribution in [0.2, 0.25) is 0 Å². The molecule has 0 aromatic rings. The van der Waals surface area contributed by atoms with Crippen LogP contribution in [-0.2, 0) is 4.74 Å².